The molecule has 1 N–H and O–H groups in total. The molecule has 8 heteroatoms. The molecule has 0 fully saturated rings. The number of carbonyl (C=O) groups excluding carboxylic acids is 1. The number of sulfonamides is 1. The molecule has 1 unspecified atom stereocenters. The van der Waals surface area contributed by atoms with Gasteiger partial charge in [0.25, 0.3) is 5.91 Å². The number of methoxy groups -OCH3 is 1. The van der Waals surface area contributed by atoms with Crippen molar-refractivity contribution in [1.82, 2.24) is 9.62 Å². The molecule has 0 aromatic heterocycles. The summed E-state index contributed by atoms with van der Waals surface area (Å²) < 4.78 is 32.0. The number of nitriles is 1. The summed E-state index contributed by atoms with van der Waals surface area (Å²) in [5.74, 6) is 0.458. The van der Waals surface area contributed by atoms with Crippen molar-refractivity contribution in [2.75, 3.05) is 20.7 Å². The fourth-order valence-electron chi connectivity index (χ4n) is 2.70. The lowest BCUT2D eigenvalue weighted by atomic mass is 10.0. The summed E-state index contributed by atoms with van der Waals surface area (Å²) in [6, 6.07) is 14.8. The lowest BCUT2D eigenvalue weighted by molar-refractivity contribution is 0.0741. The molecule has 2 aromatic rings. The molecule has 1 atom stereocenters. The van der Waals surface area contributed by atoms with Gasteiger partial charge in [-0.25, -0.2) is 13.1 Å². The monoisotopic (exact) mass is 401 g/mol. The Morgan fingerprint density at radius 2 is 1.86 bits per heavy atom. The van der Waals surface area contributed by atoms with E-state index in [-0.39, 0.29) is 29.8 Å². The summed E-state index contributed by atoms with van der Waals surface area (Å²) in [4.78, 5) is 14.4. The highest BCUT2D eigenvalue weighted by Gasteiger charge is 2.22. The summed E-state index contributed by atoms with van der Waals surface area (Å²) in [6.45, 7) is 1.94. The number of amides is 1. The van der Waals surface area contributed by atoms with Gasteiger partial charge in [-0.05, 0) is 37.3 Å². The van der Waals surface area contributed by atoms with Crippen LogP contribution in [0.15, 0.2) is 53.4 Å². The molecule has 0 radical (unpaired) electrons. The number of nitrogens with one attached hydrogen (secondary N) is 1. The van der Waals surface area contributed by atoms with Gasteiger partial charge in [-0.2, -0.15) is 5.26 Å². The predicted octanol–water partition coefficient (Wildman–Crippen LogP) is 2.72. The van der Waals surface area contributed by atoms with Gasteiger partial charge in [0.2, 0.25) is 10.0 Å². The van der Waals surface area contributed by atoms with Crippen molar-refractivity contribution in [3.05, 3.63) is 59.7 Å². The number of nitrogens with zero attached hydrogens (tertiary/aromatic N) is 2. The number of benzene rings is 2. The van der Waals surface area contributed by atoms with Crippen molar-refractivity contribution in [3.63, 3.8) is 0 Å². The largest absolute Gasteiger partial charge is 0.496 e. The Bertz CT molecular complexity index is 966. The van der Waals surface area contributed by atoms with Crippen LogP contribution < -0.4 is 9.46 Å². The first-order valence-electron chi connectivity index (χ1n) is 8.68. The van der Waals surface area contributed by atoms with Crippen molar-refractivity contribution < 1.29 is 17.9 Å². The first-order valence-corrected chi connectivity index (χ1v) is 10.2. The molecular weight excluding hydrogens is 378 g/mol. The Balaban J connectivity index is 2.17. The van der Waals surface area contributed by atoms with Crippen LogP contribution in [0.5, 0.6) is 5.75 Å². The second-order valence-corrected chi connectivity index (χ2v) is 7.93. The zero-order valence-corrected chi connectivity index (χ0v) is 16.9. The molecule has 0 bridgehead atoms. The van der Waals surface area contributed by atoms with E-state index in [4.69, 9.17) is 10.00 Å². The van der Waals surface area contributed by atoms with E-state index in [0.29, 0.717) is 11.3 Å². The van der Waals surface area contributed by atoms with E-state index in [2.05, 4.69) is 4.72 Å². The molecule has 0 heterocycles. The van der Waals surface area contributed by atoms with Gasteiger partial charge in [-0.1, -0.05) is 18.2 Å². The molecule has 2 aromatic carbocycles. The second kappa shape index (κ2) is 9.35. The van der Waals surface area contributed by atoms with E-state index in [9.17, 15) is 13.2 Å². The summed E-state index contributed by atoms with van der Waals surface area (Å²) in [7, 11) is -0.438. The minimum absolute atomic E-state index is 0.0404. The van der Waals surface area contributed by atoms with Crippen LogP contribution in [0.4, 0.5) is 0 Å². The van der Waals surface area contributed by atoms with Gasteiger partial charge in [0.15, 0.2) is 0 Å². The molecular formula is C20H23N3O4S. The molecule has 0 spiro atoms. The molecule has 0 saturated heterocycles. The average Bonchev–Trinajstić information content (AvgIpc) is 2.72. The minimum Gasteiger partial charge on any atom is -0.496 e. The van der Waals surface area contributed by atoms with Gasteiger partial charge in [0.1, 0.15) is 5.75 Å². The lowest BCUT2D eigenvalue weighted by Crippen LogP contribution is -2.30. The smallest absolute Gasteiger partial charge is 0.254 e. The summed E-state index contributed by atoms with van der Waals surface area (Å²) in [5, 5.41) is 8.51. The van der Waals surface area contributed by atoms with Crippen LogP contribution in [0.25, 0.3) is 0 Å². The third-order valence-electron chi connectivity index (χ3n) is 4.43. The summed E-state index contributed by atoms with van der Waals surface area (Å²) >= 11 is 0. The summed E-state index contributed by atoms with van der Waals surface area (Å²) in [6.07, 6.45) is 0.0848. The van der Waals surface area contributed by atoms with Crippen molar-refractivity contribution in [2.24, 2.45) is 0 Å². The van der Waals surface area contributed by atoms with Gasteiger partial charge in [-0.3, -0.25) is 4.79 Å². The Labute approximate surface area is 165 Å². The number of para-hydroxylation sites is 1. The van der Waals surface area contributed by atoms with E-state index in [1.165, 1.54) is 24.3 Å². The highest BCUT2D eigenvalue weighted by atomic mass is 32.2. The zero-order chi connectivity index (χ0) is 20.7. The molecule has 0 aliphatic carbocycles. The number of carbonyl (C=O) groups is 1. The Kier molecular flexibility index (Phi) is 7.15. The second-order valence-electron chi connectivity index (χ2n) is 6.16. The van der Waals surface area contributed by atoms with E-state index in [0.717, 1.165) is 5.56 Å². The summed E-state index contributed by atoms with van der Waals surface area (Å²) in [5.41, 5.74) is 1.25. The third-order valence-corrected chi connectivity index (χ3v) is 5.91. The number of hydrogen-bond acceptors (Lipinski definition) is 5. The SMILES string of the molecule is COc1ccccc1C(C)N(C)C(=O)c1ccc(S(=O)(=O)NCCC#N)cc1. The maximum Gasteiger partial charge on any atom is 0.254 e. The highest BCUT2D eigenvalue weighted by Crippen LogP contribution is 2.29. The van der Waals surface area contributed by atoms with E-state index < -0.39 is 10.0 Å². The molecule has 28 heavy (non-hydrogen) atoms. The molecule has 148 valence electrons. The normalized spacial score (nSPS) is 12.1. The van der Waals surface area contributed by atoms with Crippen molar-refractivity contribution >= 4 is 15.9 Å². The zero-order valence-electron chi connectivity index (χ0n) is 16.0. The van der Waals surface area contributed by atoms with Crippen molar-refractivity contribution in [3.8, 4) is 11.8 Å². The van der Waals surface area contributed by atoms with Crippen molar-refractivity contribution in [2.45, 2.75) is 24.3 Å². The van der Waals surface area contributed by atoms with Gasteiger partial charge in [0, 0.05) is 31.1 Å². The maximum atomic E-state index is 12.8. The van der Waals surface area contributed by atoms with Crippen molar-refractivity contribution in [1.29, 1.82) is 5.26 Å². The average molecular weight is 401 g/mol. The van der Waals surface area contributed by atoms with Gasteiger partial charge < -0.3 is 9.64 Å². The first-order chi connectivity index (χ1) is 13.3. The van der Waals surface area contributed by atoms with Crippen LogP contribution in [0.1, 0.15) is 35.3 Å². The fourth-order valence-corrected chi connectivity index (χ4v) is 3.73. The number of rotatable bonds is 8. The van der Waals surface area contributed by atoms with Crippen LogP contribution in [-0.4, -0.2) is 39.9 Å². The fraction of sp³-hybridized carbons (Fsp3) is 0.300. The molecule has 1 amide bonds. The lowest BCUT2D eigenvalue weighted by Gasteiger charge is -2.26. The topological polar surface area (TPSA) is 99.5 Å². The molecule has 0 saturated carbocycles. The third kappa shape index (κ3) is 4.88. The van der Waals surface area contributed by atoms with Crippen LogP contribution in [0.2, 0.25) is 0 Å². The predicted molar refractivity (Wildman–Crippen MR) is 105 cm³/mol. The Morgan fingerprint density at radius 1 is 1.21 bits per heavy atom. The van der Waals surface area contributed by atoms with Crippen LogP contribution >= 0.6 is 0 Å². The maximum absolute atomic E-state index is 12.8. The van der Waals surface area contributed by atoms with Gasteiger partial charge >= 0.3 is 0 Å². The van der Waals surface area contributed by atoms with Crippen LogP contribution in [0, 0.1) is 11.3 Å². The Hall–Kier alpha value is -2.89. The van der Waals surface area contributed by atoms with E-state index >= 15 is 0 Å². The van der Waals surface area contributed by atoms with Crippen LogP contribution in [-0.2, 0) is 10.0 Å². The standard InChI is InChI=1S/C20H23N3O4S/c1-15(18-7-4-5-8-19(18)27-3)23(2)20(24)16-9-11-17(12-10-16)28(25,26)22-14-6-13-21/h4-5,7-12,15,22H,6,14H2,1-3H3. The van der Waals surface area contributed by atoms with E-state index in [1.54, 1.807) is 19.1 Å². The highest BCUT2D eigenvalue weighted by molar-refractivity contribution is 7.89. The van der Waals surface area contributed by atoms with E-state index in [1.807, 2.05) is 37.3 Å². The van der Waals surface area contributed by atoms with Crippen LogP contribution in [0.3, 0.4) is 0 Å². The Morgan fingerprint density at radius 3 is 2.46 bits per heavy atom. The first kappa shape index (κ1) is 21.4. The van der Waals surface area contributed by atoms with Gasteiger partial charge in [-0.15, -0.1) is 0 Å². The molecule has 2 rings (SSSR count). The molecule has 0 aliphatic heterocycles. The number of hydrogen-bond donors (Lipinski definition) is 1. The quantitative estimate of drug-likeness (QED) is 0.686. The minimum atomic E-state index is -3.71. The molecule has 0 aliphatic rings. The molecule has 7 nitrogen and oxygen atoms in total. The number of ether oxygens (including phenoxy) is 1. The van der Waals surface area contributed by atoms with Gasteiger partial charge in [0.05, 0.1) is 24.1 Å².